The topological polar surface area (TPSA) is 307 Å². The molecule has 1 amide bonds. The molecule has 0 bridgehead atoms. The zero-order chi connectivity index (χ0) is 54.8. The van der Waals surface area contributed by atoms with Gasteiger partial charge in [0.2, 0.25) is 0 Å². The maximum absolute atomic E-state index is 15.7. The number of phosphoric ester groups is 1. The lowest BCUT2D eigenvalue weighted by molar-refractivity contribution is -0.214. The third-order valence-corrected chi connectivity index (χ3v) is 25.3. The van der Waals surface area contributed by atoms with Crippen molar-refractivity contribution < 1.29 is 64.7 Å². The zero-order valence-corrected chi connectivity index (χ0v) is 48.0. The number of rotatable bonds is 21. The van der Waals surface area contributed by atoms with Gasteiger partial charge in [0.15, 0.2) is 63.5 Å². The van der Waals surface area contributed by atoms with Gasteiger partial charge in [-0.25, -0.2) is 29.5 Å². The Kier molecular flexibility index (Phi) is 17.7. The maximum Gasteiger partial charge on any atom is 0.694 e. The SMILES string of the molecule is CC(C)(C)[Si](C)(C)O[C@@H]1C(CO[P+](=O)O)OC(n2cnc3c(NC(=O)c4ccccc4)ncnc32)[C@@H]1OP(=O)(OCCC#N)OCC1OC(n2cnc3c(=O)[nH]cnc32)[C@H](OC2CCCCO2)[C@@H]1O[Si](C)(C)C(C)(C)C. The van der Waals surface area contributed by atoms with E-state index in [1.807, 2.05) is 39.9 Å². The Morgan fingerprint density at radius 2 is 1.49 bits per heavy atom. The molecule has 3 aliphatic heterocycles. The number of fused-ring (bicyclic) bond motifs is 2. The van der Waals surface area contributed by atoms with Crippen molar-refractivity contribution in [2.45, 2.75) is 159 Å². The number of aromatic nitrogens is 8. The number of benzene rings is 1. The number of carbonyl (C=O) groups excluding carboxylic acids is 1. The first kappa shape index (κ1) is 57.6. The predicted molar refractivity (Wildman–Crippen MR) is 279 cm³/mol. The van der Waals surface area contributed by atoms with Crippen LogP contribution in [0.3, 0.4) is 0 Å². The quantitative estimate of drug-likeness (QED) is 0.0358. The number of carbonyl (C=O) groups is 1. The van der Waals surface area contributed by atoms with Crippen LogP contribution in [0.25, 0.3) is 22.3 Å². The minimum atomic E-state index is -4.94. The average molecular weight is 1130 g/mol. The lowest BCUT2D eigenvalue weighted by Gasteiger charge is -2.41. The van der Waals surface area contributed by atoms with Crippen molar-refractivity contribution >= 4 is 66.8 Å². The van der Waals surface area contributed by atoms with Crippen LogP contribution >= 0.6 is 16.1 Å². The molecule has 1 aromatic carbocycles. The van der Waals surface area contributed by atoms with Crippen LogP contribution in [0.15, 0.2) is 60.4 Å². The first-order chi connectivity index (χ1) is 35.9. The van der Waals surface area contributed by atoms with Gasteiger partial charge in [-0.15, -0.1) is 9.42 Å². The molecule has 0 saturated carbocycles. The van der Waals surface area contributed by atoms with Gasteiger partial charge in [0, 0.05) is 16.7 Å². The number of imidazole rings is 2. The Balaban J connectivity index is 1.20. The zero-order valence-electron chi connectivity index (χ0n) is 44.2. The molecule has 412 valence electrons. The molecule has 0 radical (unpaired) electrons. The number of nitrogens with zero attached hydrogens (tertiary/aromatic N) is 8. The van der Waals surface area contributed by atoms with Gasteiger partial charge in [-0.3, -0.25) is 32.3 Å². The van der Waals surface area contributed by atoms with Crippen molar-refractivity contribution in [3.63, 3.8) is 0 Å². The molecular weight excluding hydrogens is 1060 g/mol. The van der Waals surface area contributed by atoms with E-state index in [4.69, 9.17) is 45.9 Å². The van der Waals surface area contributed by atoms with Crippen LogP contribution in [-0.4, -0.2) is 136 Å². The minimum Gasteiger partial charge on any atom is -0.408 e. The molecule has 7 heterocycles. The van der Waals surface area contributed by atoms with Gasteiger partial charge in [0.1, 0.15) is 49.6 Å². The van der Waals surface area contributed by atoms with Crippen LogP contribution < -0.4 is 10.9 Å². The molecule has 29 heteroatoms. The first-order valence-electron chi connectivity index (χ1n) is 25.0. The molecule has 0 aliphatic carbocycles. The average Bonchev–Trinajstić information content (AvgIpc) is 4.15. The van der Waals surface area contributed by atoms with E-state index in [0.717, 1.165) is 12.8 Å². The van der Waals surface area contributed by atoms with E-state index in [1.54, 1.807) is 34.9 Å². The number of nitriles is 1. The number of anilines is 1. The van der Waals surface area contributed by atoms with Crippen LogP contribution in [0.1, 0.15) is 90.0 Å². The largest absolute Gasteiger partial charge is 0.694 e. The van der Waals surface area contributed by atoms with E-state index in [2.05, 4.69) is 69.1 Å². The number of nitrogens with one attached hydrogen (secondary N) is 2. The third-order valence-electron chi connectivity index (χ3n) is 14.5. The van der Waals surface area contributed by atoms with Crippen molar-refractivity contribution in [2.75, 3.05) is 31.7 Å². The number of hydrogen-bond acceptors (Lipinski definition) is 20. The maximum atomic E-state index is 15.7. The molecule has 5 aromatic rings. The second-order valence-electron chi connectivity index (χ2n) is 21.7. The van der Waals surface area contributed by atoms with Crippen molar-refractivity contribution in [1.82, 2.24) is 39.0 Å². The summed E-state index contributed by atoms with van der Waals surface area (Å²) in [6.45, 7) is 19.4. The Morgan fingerprint density at radius 3 is 2.11 bits per heavy atom. The minimum absolute atomic E-state index is 0.0618. The van der Waals surface area contributed by atoms with Crippen molar-refractivity contribution in [2.24, 2.45) is 0 Å². The number of H-pyrrole nitrogens is 1. The molecule has 4 aromatic heterocycles. The monoisotopic (exact) mass is 1130 g/mol. The molecule has 11 atom stereocenters. The number of ether oxygens (including phenoxy) is 4. The second kappa shape index (κ2) is 23.4. The van der Waals surface area contributed by atoms with Gasteiger partial charge in [0.25, 0.3) is 11.5 Å². The van der Waals surface area contributed by atoms with E-state index < -0.39 is 124 Å². The lowest BCUT2D eigenvalue weighted by Crippen LogP contribution is -2.51. The summed E-state index contributed by atoms with van der Waals surface area (Å²) in [6, 6.07) is 10.5. The summed E-state index contributed by atoms with van der Waals surface area (Å²) in [6.07, 6.45) is -2.46. The lowest BCUT2D eigenvalue weighted by atomic mass is 10.1. The summed E-state index contributed by atoms with van der Waals surface area (Å²) < 4.78 is 96.0. The van der Waals surface area contributed by atoms with Crippen molar-refractivity contribution in [3.8, 4) is 6.07 Å². The summed E-state index contributed by atoms with van der Waals surface area (Å²) in [5.74, 6) is -0.389. The van der Waals surface area contributed by atoms with Gasteiger partial charge < -0.3 is 38.1 Å². The van der Waals surface area contributed by atoms with E-state index in [9.17, 15) is 24.3 Å². The number of aromatic amines is 1. The van der Waals surface area contributed by atoms with Gasteiger partial charge in [-0.2, -0.15) is 5.26 Å². The number of amides is 1. The highest BCUT2D eigenvalue weighted by molar-refractivity contribution is 7.48. The number of phosphoric acid groups is 1. The molecular formula is C47H67N10O15P2Si2+. The van der Waals surface area contributed by atoms with Crippen LogP contribution in [0.4, 0.5) is 5.82 Å². The third kappa shape index (κ3) is 12.8. The van der Waals surface area contributed by atoms with Gasteiger partial charge >= 0.3 is 16.1 Å². The Hall–Kier alpha value is -4.60. The highest BCUT2D eigenvalue weighted by Gasteiger charge is 2.57. The Labute approximate surface area is 442 Å². The summed E-state index contributed by atoms with van der Waals surface area (Å²) >= 11 is 0. The molecule has 3 N–H and O–H groups in total. The highest BCUT2D eigenvalue weighted by Crippen LogP contribution is 2.56. The fourth-order valence-electron chi connectivity index (χ4n) is 8.40. The van der Waals surface area contributed by atoms with Gasteiger partial charge in [0.05, 0.1) is 44.7 Å². The molecule has 0 spiro atoms. The second-order valence-corrected chi connectivity index (χ2v) is 33.6. The van der Waals surface area contributed by atoms with Crippen LogP contribution in [0.5, 0.6) is 0 Å². The summed E-state index contributed by atoms with van der Waals surface area (Å²) in [5, 5.41) is 11.7. The fourth-order valence-corrected chi connectivity index (χ4v) is 12.7. The van der Waals surface area contributed by atoms with Crippen LogP contribution in [-0.2, 0) is 55.0 Å². The fraction of sp³-hybridized carbons (Fsp3) is 0.617. The van der Waals surface area contributed by atoms with Gasteiger partial charge in [-0.05, 0) is 67.7 Å². The molecule has 7 unspecified atom stereocenters. The highest BCUT2D eigenvalue weighted by atomic mass is 31.2. The first-order valence-corrected chi connectivity index (χ1v) is 33.4. The molecule has 3 fully saturated rings. The van der Waals surface area contributed by atoms with E-state index >= 15 is 4.57 Å². The molecule has 8 rings (SSSR count). The molecule has 25 nitrogen and oxygen atoms in total. The van der Waals surface area contributed by atoms with Crippen LogP contribution in [0, 0.1) is 11.3 Å². The molecule has 3 aliphatic rings. The number of hydrogen-bond donors (Lipinski definition) is 3. The normalized spacial score (nSPS) is 25.7. The van der Waals surface area contributed by atoms with E-state index in [1.165, 1.54) is 29.9 Å². The predicted octanol–water partition coefficient (Wildman–Crippen LogP) is 7.81. The summed E-state index contributed by atoms with van der Waals surface area (Å²) in [5.41, 5.74) is 0.469. The van der Waals surface area contributed by atoms with Crippen LogP contribution in [0.2, 0.25) is 36.3 Å². The Bertz CT molecular complexity index is 3000. The van der Waals surface area contributed by atoms with Gasteiger partial charge in [-0.1, -0.05) is 59.7 Å². The summed E-state index contributed by atoms with van der Waals surface area (Å²) in [4.78, 5) is 61.0. The van der Waals surface area contributed by atoms with E-state index in [0.29, 0.717) is 18.6 Å². The standard InChI is InChI=1S/C47H66N10O15P2Si2/c1-46(2,3)75(7,8)71-35-31(68-44(37(35)69-32-19-14-15-21-63-32)57-28-54-34-41(57)51-26-52-43(34)59)24-66-74(62,65-22-16-20-48)70-38-36(72-76(9,10)47(4,5)6)30(23-64-73(60)61)67-45(38)56-27-53-33-39(49-25-50-40(33)56)55-42(58)29-17-12-11-13-18-29/h11-13,17-18,25-28,30-32,35-38,44-45H,14-16,19,21-24H2,1-10H3,(H2-,49,50,51,52,55,58,59,60,61)/p+1/t30?,31?,32?,35-,36-,37-,38-,44?,45?,74?/m1/s1. The Morgan fingerprint density at radius 1 is 0.868 bits per heavy atom. The molecule has 3 saturated heterocycles. The smallest absolute Gasteiger partial charge is 0.408 e. The van der Waals surface area contributed by atoms with Crippen molar-refractivity contribution in [1.29, 1.82) is 5.26 Å². The molecule has 76 heavy (non-hydrogen) atoms. The summed E-state index contributed by atoms with van der Waals surface area (Å²) in [7, 11) is -13.7. The van der Waals surface area contributed by atoms with Crippen molar-refractivity contribution in [3.05, 3.63) is 71.6 Å². The van der Waals surface area contributed by atoms with E-state index in [-0.39, 0.29) is 39.6 Å².